The molecule has 0 saturated heterocycles. The Morgan fingerprint density at radius 3 is 2.52 bits per heavy atom. The van der Waals surface area contributed by atoms with Crippen molar-refractivity contribution in [3.63, 3.8) is 0 Å². The molecule has 0 unspecified atom stereocenters. The van der Waals surface area contributed by atoms with Crippen molar-refractivity contribution in [3.8, 4) is 22.7 Å². The van der Waals surface area contributed by atoms with E-state index in [0.29, 0.717) is 12.3 Å². The quantitative estimate of drug-likeness (QED) is 0.549. The van der Waals surface area contributed by atoms with Crippen LogP contribution in [0.2, 0.25) is 0 Å². The summed E-state index contributed by atoms with van der Waals surface area (Å²) in [5.74, 6) is 0.785. The van der Waals surface area contributed by atoms with Gasteiger partial charge in [0.25, 0.3) is 5.56 Å². The zero-order chi connectivity index (χ0) is 19.0. The van der Waals surface area contributed by atoms with Crippen LogP contribution in [0.3, 0.4) is 0 Å². The smallest absolute Gasteiger partial charge is 0.298 e. The standard InChI is InChI=1S/C22H21N3O2/c1-4-27-18-8-6-17(7-9-18)25-12-11-24-14-20(23-21(24)22(25)26)19-10-5-15(2)13-16(19)3/h5-14H,4H2,1-3H3. The molecule has 5 nitrogen and oxygen atoms in total. The summed E-state index contributed by atoms with van der Waals surface area (Å²) in [6, 6.07) is 13.7. The predicted molar refractivity (Wildman–Crippen MR) is 107 cm³/mol. The maximum atomic E-state index is 13.0. The Bertz CT molecular complexity index is 1170. The van der Waals surface area contributed by atoms with Gasteiger partial charge in [0.2, 0.25) is 5.65 Å². The first-order valence-electron chi connectivity index (χ1n) is 8.98. The number of imidazole rings is 1. The summed E-state index contributed by atoms with van der Waals surface area (Å²) >= 11 is 0. The highest BCUT2D eigenvalue weighted by Crippen LogP contribution is 2.23. The second-order valence-electron chi connectivity index (χ2n) is 6.58. The van der Waals surface area contributed by atoms with E-state index in [-0.39, 0.29) is 5.56 Å². The Morgan fingerprint density at radius 2 is 1.81 bits per heavy atom. The molecule has 0 N–H and O–H groups in total. The minimum absolute atomic E-state index is 0.155. The lowest BCUT2D eigenvalue weighted by molar-refractivity contribution is 0.340. The Morgan fingerprint density at radius 1 is 1.04 bits per heavy atom. The summed E-state index contributed by atoms with van der Waals surface area (Å²) < 4.78 is 8.85. The largest absolute Gasteiger partial charge is 0.494 e. The lowest BCUT2D eigenvalue weighted by Crippen LogP contribution is -2.19. The molecule has 0 aliphatic heterocycles. The van der Waals surface area contributed by atoms with Crippen LogP contribution in [0.1, 0.15) is 18.1 Å². The van der Waals surface area contributed by atoms with Gasteiger partial charge in [-0.15, -0.1) is 0 Å². The second kappa shape index (κ2) is 6.76. The first kappa shape index (κ1) is 17.1. The minimum Gasteiger partial charge on any atom is -0.494 e. The van der Waals surface area contributed by atoms with Gasteiger partial charge >= 0.3 is 0 Å². The molecule has 0 amide bonds. The molecule has 0 saturated carbocycles. The number of ether oxygens (including phenoxy) is 1. The molecule has 0 radical (unpaired) electrons. The summed E-state index contributed by atoms with van der Waals surface area (Å²) in [5, 5.41) is 0. The van der Waals surface area contributed by atoms with Gasteiger partial charge in [0, 0.05) is 29.8 Å². The van der Waals surface area contributed by atoms with E-state index in [2.05, 4.69) is 37.0 Å². The van der Waals surface area contributed by atoms with Gasteiger partial charge in [0.05, 0.1) is 12.3 Å². The van der Waals surface area contributed by atoms with Crippen LogP contribution in [-0.4, -0.2) is 20.6 Å². The number of hydrogen-bond acceptors (Lipinski definition) is 3. The van der Waals surface area contributed by atoms with Crippen molar-refractivity contribution >= 4 is 5.65 Å². The molecule has 0 aliphatic rings. The third kappa shape index (κ3) is 3.12. The molecular formula is C22H21N3O2. The predicted octanol–water partition coefficient (Wildman–Crippen LogP) is 4.17. The zero-order valence-electron chi connectivity index (χ0n) is 15.6. The molecule has 27 heavy (non-hydrogen) atoms. The minimum atomic E-state index is -0.155. The van der Waals surface area contributed by atoms with Crippen LogP contribution in [0.5, 0.6) is 5.75 Å². The molecule has 0 aliphatic carbocycles. The summed E-state index contributed by atoms with van der Waals surface area (Å²) in [4.78, 5) is 17.6. The maximum absolute atomic E-state index is 13.0. The molecule has 0 fully saturated rings. The Kier molecular flexibility index (Phi) is 4.28. The molecule has 0 bridgehead atoms. The van der Waals surface area contributed by atoms with Crippen molar-refractivity contribution < 1.29 is 4.74 Å². The number of rotatable bonds is 4. The summed E-state index contributed by atoms with van der Waals surface area (Å²) in [6.45, 7) is 6.68. The van der Waals surface area contributed by atoms with Gasteiger partial charge in [0.15, 0.2) is 0 Å². The van der Waals surface area contributed by atoms with Gasteiger partial charge < -0.3 is 9.14 Å². The van der Waals surface area contributed by atoms with Crippen LogP contribution in [0, 0.1) is 13.8 Å². The fourth-order valence-corrected chi connectivity index (χ4v) is 3.28. The average Bonchev–Trinajstić information content (AvgIpc) is 3.08. The molecule has 5 heteroatoms. The number of nitrogens with zero attached hydrogens (tertiary/aromatic N) is 3. The van der Waals surface area contributed by atoms with Crippen LogP contribution in [0.25, 0.3) is 22.6 Å². The van der Waals surface area contributed by atoms with E-state index >= 15 is 0 Å². The van der Waals surface area contributed by atoms with E-state index < -0.39 is 0 Å². The molecule has 136 valence electrons. The Labute approximate surface area is 157 Å². The highest BCUT2D eigenvalue weighted by Gasteiger charge is 2.12. The van der Waals surface area contributed by atoms with Crippen LogP contribution >= 0.6 is 0 Å². The third-order valence-electron chi connectivity index (χ3n) is 4.60. The van der Waals surface area contributed by atoms with Gasteiger partial charge in [-0.05, 0) is 50.6 Å². The molecule has 4 rings (SSSR count). The van der Waals surface area contributed by atoms with Crippen molar-refractivity contribution in [1.29, 1.82) is 0 Å². The zero-order valence-corrected chi connectivity index (χ0v) is 15.6. The summed E-state index contributed by atoms with van der Waals surface area (Å²) in [7, 11) is 0. The number of aryl methyl sites for hydroxylation is 2. The summed E-state index contributed by atoms with van der Waals surface area (Å²) in [6.07, 6.45) is 5.52. The fraction of sp³-hybridized carbons (Fsp3) is 0.182. The van der Waals surface area contributed by atoms with E-state index in [4.69, 9.17) is 4.74 Å². The van der Waals surface area contributed by atoms with Gasteiger partial charge in [0.1, 0.15) is 5.75 Å². The molecule has 0 spiro atoms. The first-order chi connectivity index (χ1) is 13.1. The van der Waals surface area contributed by atoms with Crippen LogP contribution in [-0.2, 0) is 0 Å². The Balaban J connectivity index is 1.79. The van der Waals surface area contributed by atoms with Crippen molar-refractivity contribution in [3.05, 3.63) is 82.5 Å². The van der Waals surface area contributed by atoms with E-state index in [1.165, 1.54) is 5.56 Å². The highest BCUT2D eigenvalue weighted by molar-refractivity contribution is 5.66. The van der Waals surface area contributed by atoms with E-state index in [9.17, 15) is 4.79 Å². The van der Waals surface area contributed by atoms with Crippen molar-refractivity contribution in [2.75, 3.05) is 6.61 Å². The monoisotopic (exact) mass is 359 g/mol. The normalized spacial score (nSPS) is 11.1. The number of benzene rings is 2. The van der Waals surface area contributed by atoms with Crippen molar-refractivity contribution in [1.82, 2.24) is 14.0 Å². The number of hydrogen-bond donors (Lipinski definition) is 0. The van der Waals surface area contributed by atoms with Gasteiger partial charge in [-0.1, -0.05) is 23.8 Å². The first-order valence-corrected chi connectivity index (χ1v) is 8.98. The van der Waals surface area contributed by atoms with Crippen LogP contribution in [0.15, 0.2) is 65.8 Å². The fourth-order valence-electron chi connectivity index (χ4n) is 3.28. The number of fused-ring (bicyclic) bond motifs is 1. The second-order valence-corrected chi connectivity index (χ2v) is 6.58. The van der Waals surface area contributed by atoms with E-state index in [0.717, 1.165) is 28.3 Å². The van der Waals surface area contributed by atoms with Gasteiger partial charge in [-0.25, -0.2) is 4.98 Å². The topological polar surface area (TPSA) is 48.5 Å². The Hall–Kier alpha value is -3.34. The lowest BCUT2D eigenvalue weighted by atomic mass is 10.0. The van der Waals surface area contributed by atoms with E-state index in [1.807, 2.05) is 43.6 Å². The molecule has 2 aromatic carbocycles. The average molecular weight is 359 g/mol. The molecular weight excluding hydrogens is 338 g/mol. The molecule has 0 atom stereocenters. The van der Waals surface area contributed by atoms with Crippen LogP contribution in [0.4, 0.5) is 0 Å². The van der Waals surface area contributed by atoms with Crippen LogP contribution < -0.4 is 10.3 Å². The molecule has 2 aromatic heterocycles. The maximum Gasteiger partial charge on any atom is 0.298 e. The highest BCUT2D eigenvalue weighted by atomic mass is 16.5. The lowest BCUT2D eigenvalue weighted by Gasteiger charge is -2.07. The number of aromatic nitrogens is 3. The van der Waals surface area contributed by atoms with Crippen molar-refractivity contribution in [2.45, 2.75) is 20.8 Å². The van der Waals surface area contributed by atoms with E-state index in [1.54, 1.807) is 15.2 Å². The van der Waals surface area contributed by atoms with Gasteiger partial charge in [-0.2, -0.15) is 0 Å². The third-order valence-corrected chi connectivity index (χ3v) is 4.60. The van der Waals surface area contributed by atoms with Gasteiger partial charge in [-0.3, -0.25) is 9.36 Å². The molecule has 2 heterocycles. The SMILES string of the molecule is CCOc1ccc(-n2ccn3cc(-c4ccc(C)cc4C)nc3c2=O)cc1. The molecule has 4 aromatic rings. The van der Waals surface area contributed by atoms with Crippen molar-refractivity contribution in [2.24, 2.45) is 0 Å². The summed E-state index contributed by atoms with van der Waals surface area (Å²) in [5.41, 5.74) is 5.22.